The van der Waals surface area contributed by atoms with Gasteiger partial charge in [0.05, 0.1) is 6.04 Å². The molecular weight excluding hydrogens is 334 g/mol. The van der Waals surface area contributed by atoms with E-state index in [1.54, 1.807) is 0 Å². The number of hydrogen-bond acceptors (Lipinski definition) is 2. The Morgan fingerprint density at radius 3 is 2.59 bits per heavy atom. The van der Waals surface area contributed by atoms with Crippen LogP contribution in [0.4, 0.5) is 0 Å². The first kappa shape index (κ1) is 19.5. The highest BCUT2D eigenvalue weighted by atomic mass is 16.5. The van der Waals surface area contributed by atoms with Gasteiger partial charge in [0.25, 0.3) is 5.91 Å². The number of amides is 1. The van der Waals surface area contributed by atoms with Crippen molar-refractivity contribution in [3.05, 3.63) is 64.2 Å². The molecule has 0 saturated heterocycles. The highest BCUT2D eigenvalue weighted by molar-refractivity contribution is 5.81. The minimum Gasteiger partial charge on any atom is -0.480 e. The molecule has 0 fully saturated rings. The van der Waals surface area contributed by atoms with Crippen molar-refractivity contribution in [1.82, 2.24) is 5.32 Å². The molecule has 1 aliphatic carbocycles. The highest BCUT2D eigenvalue weighted by Crippen LogP contribution is 2.26. The molecule has 2 atom stereocenters. The number of nitrogens with one attached hydrogen (secondary N) is 1. The number of rotatable bonds is 6. The zero-order valence-corrected chi connectivity index (χ0v) is 17.0. The Bertz CT molecular complexity index is 812. The summed E-state index contributed by atoms with van der Waals surface area (Å²) >= 11 is 0. The third-order valence-electron chi connectivity index (χ3n) is 5.72. The lowest BCUT2D eigenvalue weighted by Gasteiger charge is -2.23. The molecule has 1 amide bonds. The number of fused-ring (bicyclic) bond motifs is 1. The highest BCUT2D eigenvalue weighted by Gasteiger charge is 2.22. The van der Waals surface area contributed by atoms with Crippen molar-refractivity contribution in [2.24, 2.45) is 0 Å². The standard InChI is InChI=1S/C24H31NO2/c1-5-22(27-23-12-8-9-16(2)17(23)3)24(26)25-18(4)20-14-13-19-10-6-7-11-21(19)15-20/h8-9,12-15,18,22H,5-7,10-11H2,1-4H3,(H,25,26)/t18-,22+/m1/s1. The smallest absolute Gasteiger partial charge is 0.261 e. The van der Waals surface area contributed by atoms with Crippen LogP contribution in [0.25, 0.3) is 0 Å². The van der Waals surface area contributed by atoms with E-state index in [1.165, 1.54) is 41.5 Å². The van der Waals surface area contributed by atoms with E-state index in [0.717, 1.165) is 17.7 Å². The van der Waals surface area contributed by atoms with Gasteiger partial charge in [-0.3, -0.25) is 4.79 Å². The van der Waals surface area contributed by atoms with Gasteiger partial charge in [0.15, 0.2) is 6.10 Å². The summed E-state index contributed by atoms with van der Waals surface area (Å²) in [6.45, 7) is 8.12. The Morgan fingerprint density at radius 2 is 1.85 bits per heavy atom. The van der Waals surface area contributed by atoms with Gasteiger partial charge in [0.1, 0.15) is 5.75 Å². The van der Waals surface area contributed by atoms with Crippen LogP contribution in [0.1, 0.15) is 67.0 Å². The fourth-order valence-corrected chi connectivity index (χ4v) is 3.74. The molecule has 1 aliphatic rings. The Balaban J connectivity index is 1.68. The van der Waals surface area contributed by atoms with E-state index in [9.17, 15) is 4.79 Å². The van der Waals surface area contributed by atoms with Gasteiger partial charge in [0, 0.05) is 0 Å². The molecule has 2 aromatic rings. The second-order valence-corrected chi connectivity index (χ2v) is 7.68. The molecule has 0 bridgehead atoms. The van der Waals surface area contributed by atoms with Gasteiger partial charge in [-0.25, -0.2) is 0 Å². The van der Waals surface area contributed by atoms with Crippen LogP contribution >= 0.6 is 0 Å². The van der Waals surface area contributed by atoms with Crippen LogP contribution in [0.5, 0.6) is 5.75 Å². The molecule has 144 valence electrons. The van der Waals surface area contributed by atoms with E-state index in [1.807, 2.05) is 32.9 Å². The number of benzene rings is 2. The second kappa shape index (κ2) is 8.60. The topological polar surface area (TPSA) is 38.3 Å². The van der Waals surface area contributed by atoms with Crippen molar-refractivity contribution < 1.29 is 9.53 Å². The number of ether oxygens (including phenoxy) is 1. The van der Waals surface area contributed by atoms with Gasteiger partial charge in [-0.1, -0.05) is 37.3 Å². The van der Waals surface area contributed by atoms with Crippen molar-refractivity contribution in [2.45, 2.75) is 71.9 Å². The third kappa shape index (κ3) is 4.52. The molecule has 3 nitrogen and oxygen atoms in total. The zero-order chi connectivity index (χ0) is 19.4. The van der Waals surface area contributed by atoms with Gasteiger partial charge in [0.2, 0.25) is 0 Å². The van der Waals surface area contributed by atoms with Crippen LogP contribution in [-0.4, -0.2) is 12.0 Å². The van der Waals surface area contributed by atoms with Crippen LogP contribution in [0.2, 0.25) is 0 Å². The van der Waals surface area contributed by atoms with Crippen molar-refractivity contribution in [3.63, 3.8) is 0 Å². The Kier molecular flexibility index (Phi) is 6.20. The van der Waals surface area contributed by atoms with Gasteiger partial charge in [-0.15, -0.1) is 0 Å². The summed E-state index contributed by atoms with van der Waals surface area (Å²) in [5.74, 6) is 0.738. The molecule has 0 aliphatic heterocycles. The number of carbonyl (C=O) groups excluding carboxylic acids is 1. The zero-order valence-electron chi connectivity index (χ0n) is 17.0. The lowest BCUT2D eigenvalue weighted by molar-refractivity contribution is -0.128. The first-order valence-corrected chi connectivity index (χ1v) is 10.1. The van der Waals surface area contributed by atoms with Gasteiger partial charge >= 0.3 is 0 Å². The van der Waals surface area contributed by atoms with Gasteiger partial charge < -0.3 is 10.1 Å². The molecule has 0 saturated carbocycles. The van der Waals surface area contributed by atoms with Gasteiger partial charge in [-0.2, -0.15) is 0 Å². The predicted octanol–water partition coefficient (Wildman–Crippen LogP) is 5.22. The quantitative estimate of drug-likeness (QED) is 0.762. The average molecular weight is 366 g/mol. The van der Waals surface area contributed by atoms with Crippen molar-refractivity contribution in [2.75, 3.05) is 0 Å². The van der Waals surface area contributed by atoms with Crippen molar-refractivity contribution >= 4 is 5.91 Å². The lowest BCUT2D eigenvalue weighted by Crippen LogP contribution is -2.39. The minimum absolute atomic E-state index is 0.0269. The SMILES string of the molecule is CC[C@H](Oc1cccc(C)c1C)C(=O)N[C@H](C)c1ccc2c(c1)CCCC2. The monoisotopic (exact) mass is 365 g/mol. The van der Waals surface area contributed by atoms with E-state index >= 15 is 0 Å². The maximum atomic E-state index is 12.8. The number of hydrogen-bond donors (Lipinski definition) is 1. The van der Waals surface area contributed by atoms with E-state index in [-0.39, 0.29) is 11.9 Å². The normalized spacial score (nSPS) is 15.6. The van der Waals surface area contributed by atoms with E-state index in [4.69, 9.17) is 4.74 Å². The average Bonchev–Trinajstić information content (AvgIpc) is 2.68. The third-order valence-corrected chi connectivity index (χ3v) is 5.72. The molecule has 0 radical (unpaired) electrons. The molecule has 0 heterocycles. The maximum Gasteiger partial charge on any atom is 0.261 e. The number of carbonyl (C=O) groups is 1. The molecule has 0 spiro atoms. The second-order valence-electron chi connectivity index (χ2n) is 7.68. The first-order valence-electron chi connectivity index (χ1n) is 10.1. The van der Waals surface area contributed by atoms with Crippen LogP contribution in [0, 0.1) is 13.8 Å². The molecule has 3 rings (SSSR count). The lowest BCUT2D eigenvalue weighted by atomic mass is 9.89. The van der Waals surface area contributed by atoms with Crippen molar-refractivity contribution in [3.8, 4) is 5.75 Å². The molecule has 3 heteroatoms. The van der Waals surface area contributed by atoms with Crippen molar-refractivity contribution in [1.29, 1.82) is 0 Å². The largest absolute Gasteiger partial charge is 0.480 e. The van der Waals surface area contributed by atoms with E-state index in [2.05, 4.69) is 36.5 Å². The summed E-state index contributed by atoms with van der Waals surface area (Å²) in [5.41, 5.74) is 6.34. The van der Waals surface area contributed by atoms with Crippen LogP contribution in [0.15, 0.2) is 36.4 Å². The fraction of sp³-hybridized carbons (Fsp3) is 0.458. The fourth-order valence-electron chi connectivity index (χ4n) is 3.74. The molecule has 0 aromatic heterocycles. The summed E-state index contributed by atoms with van der Waals surface area (Å²) in [6, 6.07) is 12.6. The predicted molar refractivity (Wildman–Crippen MR) is 110 cm³/mol. The molecule has 2 aromatic carbocycles. The molecule has 0 unspecified atom stereocenters. The summed E-state index contributed by atoms with van der Waals surface area (Å²) in [7, 11) is 0. The Labute approximate surface area is 163 Å². The number of aryl methyl sites for hydroxylation is 3. The maximum absolute atomic E-state index is 12.8. The first-order chi connectivity index (χ1) is 13.0. The molecule has 27 heavy (non-hydrogen) atoms. The summed E-state index contributed by atoms with van der Waals surface area (Å²) in [6.07, 6.45) is 5.03. The van der Waals surface area contributed by atoms with Crippen LogP contribution in [0.3, 0.4) is 0 Å². The van der Waals surface area contributed by atoms with Gasteiger partial charge in [-0.05, 0) is 86.8 Å². The van der Waals surface area contributed by atoms with Crippen LogP contribution in [-0.2, 0) is 17.6 Å². The summed E-state index contributed by atoms with van der Waals surface area (Å²) in [4.78, 5) is 12.8. The Morgan fingerprint density at radius 1 is 1.11 bits per heavy atom. The minimum atomic E-state index is -0.481. The van der Waals surface area contributed by atoms with E-state index in [0.29, 0.717) is 6.42 Å². The molecule has 1 N–H and O–H groups in total. The summed E-state index contributed by atoms with van der Waals surface area (Å²) in [5, 5.41) is 3.14. The summed E-state index contributed by atoms with van der Waals surface area (Å²) < 4.78 is 6.05. The Hall–Kier alpha value is -2.29. The molecular formula is C24H31NO2. The van der Waals surface area contributed by atoms with E-state index < -0.39 is 6.10 Å². The van der Waals surface area contributed by atoms with Crippen LogP contribution < -0.4 is 10.1 Å².